The van der Waals surface area contributed by atoms with Crippen LogP contribution < -0.4 is 5.32 Å². The highest BCUT2D eigenvalue weighted by Crippen LogP contribution is 2.33. The summed E-state index contributed by atoms with van der Waals surface area (Å²) in [6, 6.07) is 2.16. The number of halogens is 2. The van der Waals surface area contributed by atoms with Crippen molar-refractivity contribution in [2.75, 3.05) is 7.05 Å². The van der Waals surface area contributed by atoms with Gasteiger partial charge in [0.1, 0.15) is 18.0 Å². The highest BCUT2D eigenvalue weighted by atomic mass is 32.2. The molecule has 0 spiro atoms. The molecule has 0 aromatic heterocycles. The van der Waals surface area contributed by atoms with Gasteiger partial charge in [-0.15, -0.1) is 0 Å². The molecule has 1 saturated heterocycles. The topological polar surface area (TPSA) is 66.5 Å². The Morgan fingerprint density at radius 3 is 2.43 bits per heavy atom. The third kappa shape index (κ3) is 2.77. The number of carbonyl (C=O) groups excluding carboxylic acids is 1. The van der Waals surface area contributed by atoms with E-state index in [1.165, 1.54) is 14.0 Å². The molecule has 2 rings (SSSR count). The molecule has 21 heavy (non-hydrogen) atoms. The lowest BCUT2D eigenvalue weighted by Crippen LogP contribution is -2.47. The fourth-order valence-corrected chi connectivity index (χ4v) is 4.27. The highest BCUT2D eigenvalue weighted by Gasteiger charge is 2.48. The molecular formula is C13H16F2N2O3S. The lowest BCUT2D eigenvalue weighted by Gasteiger charge is -2.26. The molecule has 5 nitrogen and oxygen atoms in total. The van der Waals surface area contributed by atoms with Crippen LogP contribution in [0.15, 0.2) is 29.2 Å². The van der Waals surface area contributed by atoms with Crippen molar-refractivity contribution >= 4 is 15.9 Å². The number of benzene rings is 1. The normalized spacial score (nSPS) is 26.8. The van der Waals surface area contributed by atoms with Crippen molar-refractivity contribution in [3.05, 3.63) is 30.1 Å². The molecule has 1 fully saturated rings. The van der Waals surface area contributed by atoms with Crippen LogP contribution in [0.5, 0.6) is 0 Å². The van der Waals surface area contributed by atoms with Crippen LogP contribution in [-0.4, -0.2) is 43.9 Å². The number of carbonyl (C=O) groups is 1. The fraction of sp³-hybridized carbons (Fsp3) is 0.462. The van der Waals surface area contributed by atoms with Crippen LogP contribution >= 0.6 is 0 Å². The van der Waals surface area contributed by atoms with Crippen molar-refractivity contribution in [3.63, 3.8) is 0 Å². The van der Waals surface area contributed by atoms with Gasteiger partial charge in [0, 0.05) is 13.5 Å². The largest absolute Gasteiger partial charge is 0.358 e. The predicted octanol–water partition coefficient (Wildman–Crippen LogP) is 1.06. The van der Waals surface area contributed by atoms with Crippen LogP contribution in [0.1, 0.15) is 13.3 Å². The Balaban J connectivity index is 2.45. The average Bonchev–Trinajstić information content (AvgIpc) is 2.75. The number of likely N-dealkylation sites (N-methyl/N-ethyl adjacent to an activating group) is 1. The SMILES string of the molecule is CNC(=O)[C@@H]1C[C@@H](F)[C@H](C)N1S(=O)(=O)c1ccc(F)cc1. The third-order valence-electron chi connectivity index (χ3n) is 3.62. The minimum atomic E-state index is -4.08. The van der Waals surface area contributed by atoms with Crippen LogP contribution in [0.25, 0.3) is 0 Å². The number of nitrogens with zero attached hydrogens (tertiary/aromatic N) is 1. The maximum Gasteiger partial charge on any atom is 0.244 e. The van der Waals surface area contributed by atoms with Crippen molar-refractivity contribution in [1.29, 1.82) is 0 Å². The molecule has 1 aromatic rings. The Hall–Kier alpha value is -1.54. The van der Waals surface area contributed by atoms with Crippen LogP contribution in [-0.2, 0) is 14.8 Å². The van der Waals surface area contributed by atoms with E-state index in [9.17, 15) is 22.0 Å². The summed E-state index contributed by atoms with van der Waals surface area (Å²) in [5, 5.41) is 2.34. The zero-order chi connectivity index (χ0) is 15.8. The van der Waals surface area contributed by atoms with Gasteiger partial charge in [0.2, 0.25) is 15.9 Å². The standard InChI is InChI=1S/C13H16F2N2O3S/c1-8-11(15)7-12(13(18)16-2)17(8)21(19,20)10-5-3-9(14)4-6-10/h3-6,8,11-12H,7H2,1-2H3,(H,16,18)/t8-,11+,12-/m0/s1. The van der Waals surface area contributed by atoms with E-state index in [1.807, 2.05) is 0 Å². The van der Waals surface area contributed by atoms with Gasteiger partial charge in [0.15, 0.2) is 0 Å². The molecule has 1 aliphatic heterocycles. The molecule has 1 aromatic carbocycles. The van der Waals surface area contributed by atoms with E-state index in [1.54, 1.807) is 0 Å². The van der Waals surface area contributed by atoms with E-state index in [0.29, 0.717) is 0 Å². The summed E-state index contributed by atoms with van der Waals surface area (Å²) in [7, 11) is -2.71. The second kappa shape index (κ2) is 5.69. The van der Waals surface area contributed by atoms with Crippen molar-refractivity contribution < 1.29 is 22.0 Å². The zero-order valence-corrected chi connectivity index (χ0v) is 12.4. The predicted molar refractivity (Wildman–Crippen MR) is 72.3 cm³/mol. The first-order valence-corrected chi connectivity index (χ1v) is 7.88. The lowest BCUT2D eigenvalue weighted by atomic mass is 10.2. The monoisotopic (exact) mass is 318 g/mol. The Bertz CT molecular complexity index is 633. The summed E-state index contributed by atoms with van der Waals surface area (Å²) in [5.74, 6) is -1.14. The minimum Gasteiger partial charge on any atom is -0.358 e. The second-order valence-corrected chi connectivity index (χ2v) is 6.75. The maximum absolute atomic E-state index is 13.9. The molecule has 1 aliphatic rings. The number of sulfonamides is 1. The third-order valence-corrected chi connectivity index (χ3v) is 5.63. The maximum atomic E-state index is 13.9. The van der Waals surface area contributed by atoms with Crippen LogP contribution in [0.2, 0.25) is 0 Å². The van der Waals surface area contributed by atoms with Crippen molar-refractivity contribution in [2.24, 2.45) is 0 Å². The first-order chi connectivity index (χ1) is 9.78. The summed E-state index contributed by atoms with van der Waals surface area (Å²) in [4.78, 5) is 11.6. The molecule has 1 heterocycles. The lowest BCUT2D eigenvalue weighted by molar-refractivity contribution is -0.123. The Kier molecular flexibility index (Phi) is 4.29. The number of hydrogen-bond donors (Lipinski definition) is 1. The van der Waals surface area contributed by atoms with E-state index in [0.717, 1.165) is 28.6 Å². The minimum absolute atomic E-state index is 0.168. The molecule has 0 radical (unpaired) electrons. The molecule has 0 aliphatic carbocycles. The van der Waals surface area contributed by atoms with Gasteiger partial charge in [-0.1, -0.05) is 0 Å². The summed E-state index contributed by atoms with van der Waals surface area (Å²) in [6.45, 7) is 1.41. The molecule has 3 atom stereocenters. The number of alkyl halides is 1. The van der Waals surface area contributed by atoms with Gasteiger partial charge < -0.3 is 5.32 Å². The van der Waals surface area contributed by atoms with Crippen LogP contribution in [0.4, 0.5) is 8.78 Å². The zero-order valence-electron chi connectivity index (χ0n) is 11.6. The Morgan fingerprint density at radius 1 is 1.33 bits per heavy atom. The summed E-state index contributed by atoms with van der Waals surface area (Å²) >= 11 is 0. The molecule has 116 valence electrons. The van der Waals surface area contributed by atoms with Gasteiger partial charge in [-0.25, -0.2) is 17.2 Å². The van der Waals surface area contributed by atoms with Crippen LogP contribution in [0, 0.1) is 5.82 Å². The number of hydrogen-bond acceptors (Lipinski definition) is 3. The van der Waals surface area contributed by atoms with Crippen molar-refractivity contribution in [3.8, 4) is 0 Å². The number of amides is 1. The van der Waals surface area contributed by atoms with Gasteiger partial charge in [-0.05, 0) is 31.2 Å². The molecule has 0 saturated carbocycles. The summed E-state index contributed by atoms with van der Waals surface area (Å²) in [6.07, 6.45) is -1.62. The Morgan fingerprint density at radius 2 is 1.90 bits per heavy atom. The van der Waals surface area contributed by atoms with Gasteiger partial charge in [0.05, 0.1) is 10.9 Å². The van der Waals surface area contributed by atoms with Gasteiger partial charge in [0.25, 0.3) is 0 Å². The second-order valence-electron chi connectivity index (χ2n) is 4.91. The number of rotatable bonds is 3. The summed E-state index contributed by atoms with van der Waals surface area (Å²) in [5.41, 5.74) is 0. The molecule has 1 amide bonds. The van der Waals surface area contributed by atoms with Crippen molar-refractivity contribution in [1.82, 2.24) is 9.62 Å². The van der Waals surface area contributed by atoms with E-state index in [2.05, 4.69) is 5.32 Å². The van der Waals surface area contributed by atoms with Gasteiger partial charge in [-0.2, -0.15) is 4.31 Å². The first kappa shape index (κ1) is 15.8. The summed E-state index contributed by atoms with van der Waals surface area (Å²) < 4.78 is 52.8. The first-order valence-electron chi connectivity index (χ1n) is 6.43. The van der Waals surface area contributed by atoms with E-state index < -0.39 is 40.0 Å². The van der Waals surface area contributed by atoms with Gasteiger partial charge >= 0.3 is 0 Å². The van der Waals surface area contributed by atoms with E-state index in [-0.39, 0.29) is 11.3 Å². The van der Waals surface area contributed by atoms with E-state index >= 15 is 0 Å². The molecule has 1 N–H and O–H groups in total. The van der Waals surface area contributed by atoms with E-state index in [4.69, 9.17) is 0 Å². The highest BCUT2D eigenvalue weighted by molar-refractivity contribution is 7.89. The smallest absolute Gasteiger partial charge is 0.244 e. The van der Waals surface area contributed by atoms with Crippen molar-refractivity contribution in [2.45, 2.75) is 36.5 Å². The van der Waals surface area contributed by atoms with Gasteiger partial charge in [-0.3, -0.25) is 4.79 Å². The van der Waals surface area contributed by atoms with Crippen LogP contribution in [0.3, 0.4) is 0 Å². The Labute approximate surface area is 122 Å². The molecule has 0 unspecified atom stereocenters. The molecular weight excluding hydrogens is 302 g/mol. The quantitative estimate of drug-likeness (QED) is 0.906. The number of nitrogens with one attached hydrogen (secondary N) is 1. The fourth-order valence-electron chi connectivity index (χ4n) is 2.46. The molecule has 8 heteroatoms. The average molecular weight is 318 g/mol. The molecule has 0 bridgehead atoms.